The van der Waals surface area contributed by atoms with Gasteiger partial charge in [0.2, 0.25) is 15.9 Å². The molecule has 156 valence electrons. The molecule has 0 aromatic heterocycles. The average molecular weight is 410 g/mol. The minimum Gasteiger partial charge on any atom is -0.379 e. The lowest BCUT2D eigenvalue weighted by Crippen LogP contribution is -2.45. The first-order chi connectivity index (χ1) is 13.4. The summed E-state index contributed by atoms with van der Waals surface area (Å²) in [6.07, 6.45) is 1.16. The third-order valence-corrected chi connectivity index (χ3v) is 7.37. The zero-order chi connectivity index (χ0) is 20.0. The zero-order valence-corrected chi connectivity index (χ0v) is 17.4. The number of ether oxygens (including phenoxy) is 1. The first-order valence-electron chi connectivity index (χ1n) is 10.1. The van der Waals surface area contributed by atoms with Crippen LogP contribution in [0, 0.1) is 12.8 Å². The Morgan fingerprint density at radius 2 is 1.75 bits per heavy atom. The van der Waals surface area contributed by atoms with Gasteiger partial charge >= 0.3 is 0 Å². The molecule has 1 aromatic rings. The molecule has 2 saturated heterocycles. The number of morpholine rings is 1. The van der Waals surface area contributed by atoms with Crippen molar-refractivity contribution in [2.45, 2.75) is 25.5 Å². The number of hydrogen-bond donors (Lipinski definition) is 1. The third-order valence-electron chi connectivity index (χ3n) is 5.52. The summed E-state index contributed by atoms with van der Waals surface area (Å²) in [5, 5.41) is 3.01. The number of carbonyl (C=O) groups excluding carboxylic acids is 1. The van der Waals surface area contributed by atoms with Crippen molar-refractivity contribution < 1.29 is 17.9 Å². The molecule has 28 heavy (non-hydrogen) atoms. The van der Waals surface area contributed by atoms with Gasteiger partial charge in [0.05, 0.1) is 19.0 Å². The number of sulfonamides is 1. The van der Waals surface area contributed by atoms with Gasteiger partial charge in [-0.15, -0.1) is 0 Å². The normalized spacial score (nSPS) is 20.2. The van der Waals surface area contributed by atoms with Crippen LogP contribution in [0.2, 0.25) is 0 Å². The number of hydrogen-bond acceptors (Lipinski definition) is 5. The monoisotopic (exact) mass is 409 g/mol. The second kappa shape index (κ2) is 9.82. The quantitative estimate of drug-likeness (QED) is 0.726. The van der Waals surface area contributed by atoms with Crippen LogP contribution in [0.25, 0.3) is 0 Å². The van der Waals surface area contributed by atoms with E-state index in [1.807, 2.05) is 31.2 Å². The van der Waals surface area contributed by atoms with Crippen molar-refractivity contribution in [3.8, 4) is 0 Å². The Morgan fingerprint density at radius 3 is 2.39 bits per heavy atom. The second-order valence-corrected chi connectivity index (χ2v) is 9.63. The van der Waals surface area contributed by atoms with Crippen LogP contribution >= 0.6 is 0 Å². The fourth-order valence-corrected chi connectivity index (χ4v) is 5.25. The lowest BCUT2D eigenvalue weighted by atomic mass is 9.97. The molecule has 0 radical (unpaired) electrons. The molecule has 0 saturated carbocycles. The van der Waals surface area contributed by atoms with Crippen molar-refractivity contribution in [3.63, 3.8) is 0 Å². The van der Waals surface area contributed by atoms with Crippen molar-refractivity contribution in [3.05, 3.63) is 35.4 Å². The third kappa shape index (κ3) is 6.01. The van der Waals surface area contributed by atoms with E-state index in [1.165, 1.54) is 4.31 Å². The van der Waals surface area contributed by atoms with Crippen LogP contribution in [0.1, 0.15) is 24.0 Å². The highest BCUT2D eigenvalue weighted by Crippen LogP contribution is 2.22. The van der Waals surface area contributed by atoms with Gasteiger partial charge in [0.25, 0.3) is 0 Å². The molecule has 0 atom stereocenters. The van der Waals surface area contributed by atoms with E-state index in [-0.39, 0.29) is 17.6 Å². The van der Waals surface area contributed by atoms with Gasteiger partial charge in [-0.1, -0.05) is 29.8 Å². The molecule has 7 nitrogen and oxygen atoms in total. The summed E-state index contributed by atoms with van der Waals surface area (Å²) in [7, 11) is -3.35. The molecular formula is C20H31N3O4S. The first-order valence-corrected chi connectivity index (χ1v) is 11.7. The van der Waals surface area contributed by atoms with E-state index in [1.54, 1.807) is 0 Å². The number of piperidine rings is 1. The molecule has 0 spiro atoms. The number of nitrogens with zero attached hydrogens (tertiary/aromatic N) is 2. The Labute approximate surface area is 168 Å². The number of rotatable bonds is 7. The maximum absolute atomic E-state index is 12.7. The van der Waals surface area contributed by atoms with Crippen molar-refractivity contribution in [2.24, 2.45) is 5.92 Å². The van der Waals surface area contributed by atoms with Gasteiger partial charge in [-0.3, -0.25) is 9.69 Å². The average Bonchev–Trinajstić information content (AvgIpc) is 2.70. The highest BCUT2D eigenvalue weighted by Gasteiger charge is 2.31. The lowest BCUT2D eigenvalue weighted by Gasteiger charge is -2.31. The summed E-state index contributed by atoms with van der Waals surface area (Å²) in [5.41, 5.74) is 1.91. The van der Waals surface area contributed by atoms with E-state index in [0.717, 1.165) is 44.0 Å². The standard InChI is InChI=1S/C20H31N3O4S/c1-17-2-4-18(5-3-17)16-28(25,26)23-9-6-19(7-10-23)20(24)21-8-11-22-12-14-27-15-13-22/h2-5,19H,6-16H2,1H3,(H,21,24). The van der Waals surface area contributed by atoms with E-state index in [9.17, 15) is 13.2 Å². The highest BCUT2D eigenvalue weighted by atomic mass is 32.2. The summed E-state index contributed by atoms with van der Waals surface area (Å²) in [4.78, 5) is 14.7. The Hall–Kier alpha value is -1.48. The topological polar surface area (TPSA) is 79.0 Å². The molecule has 3 rings (SSSR count). The molecule has 8 heteroatoms. The molecule has 1 aromatic carbocycles. The van der Waals surface area contributed by atoms with E-state index in [0.29, 0.717) is 32.5 Å². The number of benzene rings is 1. The van der Waals surface area contributed by atoms with Gasteiger partial charge in [0.15, 0.2) is 0 Å². The summed E-state index contributed by atoms with van der Waals surface area (Å²) in [6, 6.07) is 7.58. The Kier molecular flexibility index (Phi) is 7.45. The smallest absolute Gasteiger partial charge is 0.223 e. The van der Waals surface area contributed by atoms with Crippen molar-refractivity contribution in [1.29, 1.82) is 0 Å². The van der Waals surface area contributed by atoms with Crippen LogP contribution in [0.5, 0.6) is 0 Å². The molecule has 1 amide bonds. The first kappa shape index (κ1) is 21.2. The van der Waals surface area contributed by atoms with Crippen molar-refractivity contribution >= 4 is 15.9 Å². The molecule has 0 bridgehead atoms. The molecule has 2 heterocycles. The predicted molar refractivity (Wildman–Crippen MR) is 108 cm³/mol. The lowest BCUT2D eigenvalue weighted by molar-refractivity contribution is -0.126. The summed E-state index contributed by atoms with van der Waals surface area (Å²) in [5.74, 6) is -0.0386. The van der Waals surface area contributed by atoms with E-state index in [4.69, 9.17) is 4.74 Å². The van der Waals surface area contributed by atoms with E-state index >= 15 is 0 Å². The van der Waals surface area contributed by atoms with E-state index in [2.05, 4.69) is 10.2 Å². The van der Waals surface area contributed by atoms with Gasteiger partial charge in [-0.05, 0) is 25.3 Å². The van der Waals surface area contributed by atoms with Gasteiger partial charge in [-0.25, -0.2) is 12.7 Å². The second-order valence-electron chi connectivity index (χ2n) is 7.66. The van der Waals surface area contributed by atoms with Crippen molar-refractivity contribution in [2.75, 3.05) is 52.5 Å². The number of aryl methyl sites for hydroxylation is 1. The van der Waals surface area contributed by atoms with Crippen LogP contribution in [-0.2, 0) is 25.3 Å². The largest absolute Gasteiger partial charge is 0.379 e. The molecule has 0 aliphatic carbocycles. The maximum atomic E-state index is 12.7. The van der Waals surface area contributed by atoms with Crippen LogP contribution in [-0.4, -0.2) is 76.0 Å². The van der Waals surface area contributed by atoms with Crippen LogP contribution in [0.3, 0.4) is 0 Å². The molecule has 1 N–H and O–H groups in total. The zero-order valence-electron chi connectivity index (χ0n) is 16.6. The number of amides is 1. The van der Waals surface area contributed by atoms with Gasteiger partial charge < -0.3 is 10.1 Å². The minimum atomic E-state index is -3.35. The minimum absolute atomic E-state index is 0.0176. The van der Waals surface area contributed by atoms with Crippen LogP contribution in [0.4, 0.5) is 0 Å². The fourth-order valence-electron chi connectivity index (χ4n) is 3.69. The summed E-state index contributed by atoms with van der Waals surface area (Å²) < 4.78 is 32.2. The Morgan fingerprint density at radius 1 is 1.11 bits per heavy atom. The highest BCUT2D eigenvalue weighted by molar-refractivity contribution is 7.88. The van der Waals surface area contributed by atoms with Crippen LogP contribution < -0.4 is 5.32 Å². The molecule has 2 fully saturated rings. The fraction of sp³-hybridized carbons (Fsp3) is 0.650. The van der Waals surface area contributed by atoms with E-state index < -0.39 is 10.0 Å². The van der Waals surface area contributed by atoms with Crippen LogP contribution in [0.15, 0.2) is 24.3 Å². The van der Waals surface area contributed by atoms with Gasteiger partial charge in [0.1, 0.15) is 0 Å². The van der Waals surface area contributed by atoms with Gasteiger partial charge in [0, 0.05) is 45.2 Å². The van der Waals surface area contributed by atoms with Crippen molar-refractivity contribution in [1.82, 2.24) is 14.5 Å². The predicted octanol–water partition coefficient (Wildman–Crippen LogP) is 0.985. The Balaban J connectivity index is 1.41. The maximum Gasteiger partial charge on any atom is 0.223 e. The molecular weight excluding hydrogens is 378 g/mol. The summed E-state index contributed by atoms with van der Waals surface area (Å²) >= 11 is 0. The van der Waals surface area contributed by atoms with Gasteiger partial charge in [-0.2, -0.15) is 0 Å². The molecule has 2 aliphatic heterocycles. The number of nitrogens with one attached hydrogen (secondary N) is 1. The number of carbonyl (C=O) groups is 1. The molecule has 2 aliphatic rings. The molecule has 0 unspecified atom stereocenters. The summed E-state index contributed by atoms with van der Waals surface area (Å²) in [6.45, 7) is 7.59. The Bertz CT molecular complexity index is 737. The SMILES string of the molecule is Cc1ccc(CS(=O)(=O)N2CCC(C(=O)NCCN3CCOCC3)CC2)cc1.